The van der Waals surface area contributed by atoms with Crippen LogP contribution >= 0.6 is 11.3 Å². The molecule has 0 radical (unpaired) electrons. The minimum atomic E-state index is -3.95. The lowest BCUT2D eigenvalue weighted by molar-refractivity contribution is -0.116. The number of amides is 2. The summed E-state index contributed by atoms with van der Waals surface area (Å²) in [6.07, 6.45) is 0.491. The largest absolute Gasteiger partial charge is 0.495 e. The number of carbonyl (C=O) groups is 2. The lowest BCUT2D eigenvalue weighted by Crippen LogP contribution is -2.37. The molecule has 1 heterocycles. The molecular weight excluding hydrogens is 480 g/mol. The summed E-state index contributed by atoms with van der Waals surface area (Å²) >= 11 is 1.27. The number of benzene rings is 1. The molecule has 34 heavy (non-hydrogen) atoms. The van der Waals surface area contributed by atoms with Crippen molar-refractivity contribution in [1.29, 1.82) is 0 Å². The summed E-state index contributed by atoms with van der Waals surface area (Å²) in [5.74, 6) is 0.0555. The van der Waals surface area contributed by atoms with Gasteiger partial charge in [-0.1, -0.05) is 18.3 Å². The van der Waals surface area contributed by atoms with Crippen molar-refractivity contribution in [2.45, 2.75) is 58.0 Å². The number of alkyl carbamates (subject to hydrolysis) is 1. The van der Waals surface area contributed by atoms with Gasteiger partial charge in [-0.2, -0.15) is 0 Å². The molecule has 0 aliphatic heterocycles. The standard InChI is InChI=1S/C22H32N4O6S2/c1-7-8-18(27)26-20-25-14(2)19(33-20)15-9-10-16(31-6)17(13-15)34(29,30)24-12-11-23-21(28)32-22(3,4)5/h9-10,13,24H,7-8,11-12H2,1-6H3,(H,23,28)(H,25,26,27). The number of hydrogen-bond donors (Lipinski definition) is 3. The van der Waals surface area contributed by atoms with Crippen molar-refractivity contribution in [3.63, 3.8) is 0 Å². The highest BCUT2D eigenvalue weighted by atomic mass is 32.2. The molecule has 2 aromatic rings. The Morgan fingerprint density at radius 1 is 1.18 bits per heavy atom. The van der Waals surface area contributed by atoms with E-state index in [0.29, 0.717) is 22.8 Å². The van der Waals surface area contributed by atoms with Crippen molar-refractivity contribution in [2.75, 3.05) is 25.5 Å². The molecule has 10 nitrogen and oxygen atoms in total. The van der Waals surface area contributed by atoms with Crippen LogP contribution in [-0.4, -0.2) is 51.2 Å². The quantitative estimate of drug-likeness (QED) is 0.413. The summed E-state index contributed by atoms with van der Waals surface area (Å²) in [6, 6.07) is 4.80. The molecule has 0 spiro atoms. The summed E-state index contributed by atoms with van der Waals surface area (Å²) in [6.45, 7) is 8.93. The van der Waals surface area contributed by atoms with Gasteiger partial charge in [0.25, 0.3) is 0 Å². The average molecular weight is 513 g/mol. The highest BCUT2D eigenvalue weighted by Crippen LogP contribution is 2.36. The van der Waals surface area contributed by atoms with Gasteiger partial charge in [0.2, 0.25) is 15.9 Å². The van der Waals surface area contributed by atoms with Crippen molar-refractivity contribution in [3.05, 3.63) is 23.9 Å². The minimum Gasteiger partial charge on any atom is -0.495 e. The van der Waals surface area contributed by atoms with E-state index in [1.807, 2.05) is 6.92 Å². The van der Waals surface area contributed by atoms with Gasteiger partial charge in [0.1, 0.15) is 16.2 Å². The van der Waals surface area contributed by atoms with Gasteiger partial charge in [-0.05, 0) is 57.9 Å². The van der Waals surface area contributed by atoms with Crippen LogP contribution in [0.4, 0.5) is 9.93 Å². The molecule has 0 atom stereocenters. The second-order valence-corrected chi connectivity index (χ2v) is 11.2. The summed E-state index contributed by atoms with van der Waals surface area (Å²) in [7, 11) is -2.57. The number of nitrogens with one attached hydrogen (secondary N) is 3. The van der Waals surface area contributed by atoms with E-state index in [-0.39, 0.29) is 29.6 Å². The number of rotatable bonds is 10. The van der Waals surface area contributed by atoms with Crippen molar-refractivity contribution in [3.8, 4) is 16.2 Å². The number of anilines is 1. The molecule has 0 aliphatic rings. The molecule has 0 aliphatic carbocycles. The Bertz CT molecular complexity index is 1120. The number of aromatic nitrogens is 1. The molecule has 0 saturated carbocycles. The van der Waals surface area contributed by atoms with Crippen LogP contribution in [0, 0.1) is 6.92 Å². The zero-order chi connectivity index (χ0) is 25.5. The zero-order valence-corrected chi connectivity index (χ0v) is 21.9. The van der Waals surface area contributed by atoms with E-state index >= 15 is 0 Å². The smallest absolute Gasteiger partial charge is 0.407 e. The molecule has 0 saturated heterocycles. The van der Waals surface area contributed by atoms with Crippen LogP contribution < -0.4 is 20.1 Å². The fraction of sp³-hybridized carbons (Fsp3) is 0.500. The van der Waals surface area contributed by atoms with Crippen LogP contribution in [0.3, 0.4) is 0 Å². The van der Waals surface area contributed by atoms with Crippen LogP contribution in [0.25, 0.3) is 10.4 Å². The maximum Gasteiger partial charge on any atom is 0.407 e. The molecule has 0 fully saturated rings. The van der Waals surface area contributed by atoms with Gasteiger partial charge in [-0.15, -0.1) is 0 Å². The predicted molar refractivity (Wildman–Crippen MR) is 132 cm³/mol. The Kier molecular flexibility index (Phi) is 9.42. The molecule has 3 N–H and O–H groups in total. The molecule has 0 unspecified atom stereocenters. The lowest BCUT2D eigenvalue weighted by atomic mass is 10.1. The van der Waals surface area contributed by atoms with Crippen molar-refractivity contribution < 1.29 is 27.5 Å². The Morgan fingerprint density at radius 3 is 2.50 bits per heavy atom. The summed E-state index contributed by atoms with van der Waals surface area (Å²) in [5, 5.41) is 5.73. The van der Waals surface area contributed by atoms with E-state index in [2.05, 4.69) is 20.3 Å². The molecular formula is C22H32N4O6S2. The number of hydrogen-bond acceptors (Lipinski definition) is 8. The van der Waals surface area contributed by atoms with E-state index in [1.54, 1.807) is 39.8 Å². The fourth-order valence-corrected chi connectivity index (χ4v) is 5.10. The van der Waals surface area contributed by atoms with Crippen molar-refractivity contribution in [2.24, 2.45) is 0 Å². The number of thiazole rings is 1. The summed E-state index contributed by atoms with van der Waals surface area (Å²) in [4.78, 5) is 28.7. The maximum atomic E-state index is 13.0. The fourth-order valence-electron chi connectivity index (χ4n) is 2.90. The van der Waals surface area contributed by atoms with Gasteiger partial charge >= 0.3 is 6.09 Å². The first-order valence-electron chi connectivity index (χ1n) is 10.8. The van der Waals surface area contributed by atoms with Gasteiger partial charge in [0, 0.05) is 19.5 Å². The van der Waals surface area contributed by atoms with Crippen LogP contribution in [0.2, 0.25) is 0 Å². The lowest BCUT2D eigenvalue weighted by Gasteiger charge is -2.19. The first-order chi connectivity index (χ1) is 15.9. The molecule has 2 rings (SSSR count). The van der Waals surface area contributed by atoms with Gasteiger partial charge in [-0.25, -0.2) is 22.9 Å². The number of nitrogens with zero attached hydrogens (tertiary/aromatic N) is 1. The Morgan fingerprint density at radius 2 is 1.88 bits per heavy atom. The zero-order valence-electron chi connectivity index (χ0n) is 20.3. The van der Waals surface area contributed by atoms with Gasteiger partial charge in [-0.3, -0.25) is 4.79 Å². The third-order valence-electron chi connectivity index (χ3n) is 4.32. The normalized spacial score (nSPS) is 11.7. The second kappa shape index (κ2) is 11.6. The number of methoxy groups -OCH3 is 1. The van der Waals surface area contributed by atoms with Gasteiger partial charge in [0.05, 0.1) is 17.7 Å². The molecule has 1 aromatic heterocycles. The SMILES string of the molecule is CCCC(=O)Nc1nc(C)c(-c2ccc(OC)c(S(=O)(=O)NCCNC(=O)OC(C)(C)C)c2)s1. The minimum absolute atomic E-state index is 0.0395. The van der Waals surface area contributed by atoms with E-state index in [9.17, 15) is 18.0 Å². The molecule has 1 aromatic carbocycles. The monoisotopic (exact) mass is 512 g/mol. The number of ether oxygens (including phenoxy) is 2. The Balaban J connectivity index is 2.18. The third-order valence-corrected chi connectivity index (χ3v) is 6.92. The van der Waals surface area contributed by atoms with E-state index in [4.69, 9.17) is 9.47 Å². The molecule has 188 valence electrons. The van der Waals surface area contributed by atoms with Crippen LogP contribution in [0.5, 0.6) is 5.75 Å². The maximum absolute atomic E-state index is 13.0. The van der Waals surface area contributed by atoms with Gasteiger partial charge in [0.15, 0.2) is 5.13 Å². The van der Waals surface area contributed by atoms with E-state index in [0.717, 1.165) is 11.3 Å². The average Bonchev–Trinajstić information content (AvgIpc) is 3.09. The summed E-state index contributed by atoms with van der Waals surface area (Å²) < 4.78 is 38.8. The predicted octanol–water partition coefficient (Wildman–Crippen LogP) is 3.67. The topological polar surface area (TPSA) is 136 Å². The van der Waals surface area contributed by atoms with Crippen LogP contribution in [-0.2, 0) is 19.6 Å². The molecule has 0 bridgehead atoms. The van der Waals surface area contributed by atoms with Crippen molar-refractivity contribution in [1.82, 2.24) is 15.0 Å². The Hall–Kier alpha value is -2.70. The first kappa shape index (κ1) is 27.5. The Labute approximate surface area is 204 Å². The highest BCUT2D eigenvalue weighted by molar-refractivity contribution is 7.89. The van der Waals surface area contributed by atoms with Crippen LogP contribution in [0.1, 0.15) is 46.2 Å². The van der Waals surface area contributed by atoms with Crippen LogP contribution in [0.15, 0.2) is 23.1 Å². The molecule has 12 heteroatoms. The number of sulfonamides is 1. The number of carbonyl (C=O) groups excluding carboxylic acids is 2. The summed E-state index contributed by atoms with van der Waals surface area (Å²) in [5.41, 5.74) is 0.643. The first-order valence-corrected chi connectivity index (χ1v) is 13.1. The van der Waals surface area contributed by atoms with Gasteiger partial charge < -0.3 is 20.1 Å². The van der Waals surface area contributed by atoms with E-state index in [1.165, 1.54) is 24.5 Å². The number of aryl methyl sites for hydroxylation is 1. The second-order valence-electron chi connectivity index (χ2n) is 8.42. The van der Waals surface area contributed by atoms with E-state index < -0.39 is 21.7 Å². The third kappa shape index (κ3) is 7.96. The highest BCUT2D eigenvalue weighted by Gasteiger charge is 2.22. The molecule has 2 amide bonds. The van der Waals surface area contributed by atoms with Crippen molar-refractivity contribution >= 4 is 38.5 Å².